The van der Waals surface area contributed by atoms with E-state index in [1.807, 2.05) is 0 Å². The molecular weight excluding hydrogens is 442 g/mol. The lowest BCUT2D eigenvalue weighted by Gasteiger charge is -2.10. The number of ether oxygens (including phenoxy) is 1. The third-order valence-electron chi connectivity index (χ3n) is 4.51. The van der Waals surface area contributed by atoms with Crippen molar-refractivity contribution in [2.24, 2.45) is 0 Å². The summed E-state index contributed by atoms with van der Waals surface area (Å²) in [7, 11) is 0. The molecule has 0 aliphatic heterocycles. The third kappa shape index (κ3) is 5.38. The lowest BCUT2D eigenvalue weighted by molar-refractivity contribution is -0.386. The number of hydrogen-bond donors (Lipinski definition) is 1. The minimum Gasteiger partial charge on any atom is -0.457 e. The van der Waals surface area contributed by atoms with Gasteiger partial charge in [0.1, 0.15) is 22.9 Å². The Morgan fingerprint density at radius 2 is 1.78 bits per heavy atom. The zero-order chi connectivity index (χ0) is 23.4. The molecule has 1 N–H and O–H groups in total. The highest BCUT2D eigenvalue weighted by atomic mass is 35.5. The van der Waals surface area contributed by atoms with Crippen LogP contribution in [0.5, 0.6) is 11.5 Å². The fraction of sp³-hybridized carbons (Fsp3) is 0.200. The van der Waals surface area contributed by atoms with E-state index in [2.05, 4.69) is 10.4 Å². The normalized spacial score (nSPS) is 10.6. The van der Waals surface area contributed by atoms with Gasteiger partial charge in [0, 0.05) is 23.6 Å². The van der Waals surface area contributed by atoms with Crippen LogP contribution in [0.3, 0.4) is 0 Å². The van der Waals surface area contributed by atoms with E-state index in [4.69, 9.17) is 16.3 Å². The number of nitrogens with zero attached hydrogens (tertiary/aromatic N) is 4. The Balaban J connectivity index is 1.73. The molecule has 0 spiro atoms. The number of aryl methyl sites for hydroxylation is 2. The molecule has 3 aromatic rings. The molecule has 2 aromatic carbocycles. The minimum absolute atomic E-state index is 0.0464. The quantitative estimate of drug-likeness (QED) is 0.376. The van der Waals surface area contributed by atoms with Gasteiger partial charge in [-0.1, -0.05) is 11.6 Å². The van der Waals surface area contributed by atoms with Crippen molar-refractivity contribution >= 4 is 34.6 Å². The number of nitro groups is 2. The number of benzene rings is 2. The molecule has 12 heteroatoms. The summed E-state index contributed by atoms with van der Waals surface area (Å²) in [5.41, 5.74) is 0.423. The number of anilines is 1. The largest absolute Gasteiger partial charge is 0.457 e. The number of nitro benzene ring substituents is 1. The van der Waals surface area contributed by atoms with Crippen molar-refractivity contribution < 1.29 is 19.4 Å². The molecule has 11 nitrogen and oxygen atoms in total. The molecule has 3 rings (SSSR count). The molecular formula is C20H18ClN5O6. The molecule has 0 radical (unpaired) electrons. The van der Waals surface area contributed by atoms with Gasteiger partial charge in [-0.3, -0.25) is 29.7 Å². The Hall–Kier alpha value is -3.99. The molecule has 1 amide bonds. The molecule has 1 aromatic heterocycles. The second-order valence-corrected chi connectivity index (χ2v) is 7.26. The van der Waals surface area contributed by atoms with Crippen molar-refractivity contribution in [2.45, 2.75) is 26.8 Å². The van der Waals surface area contributed by atoms with E-state index in [9.17, 15) is 25.0 Å². The SMILES string of the molecule is Cc1nn(CCC(=O)Nc2cc(Oc3ccc(Cl)cc3)cc([N+](=O)[O-])c2)c(C)c1[N+](=O)[O-]. The van der Waals surface area contributed by atoms with Gasteiger partial charge in [-0.05, 0) is 38.1 Å². The van der Waals surface area contributed by atoms with Crippen molar-refractivity contribution in [1.29, 1.82) is 0 Å². The standard InChI is InChI=1S/C20H18ClN5O6/c1-12-20(26(30)31)13(2)24(23-12)8-7-19(27)22-15-9-16(25(28)29)11-18(10-15)32-17-5-3-14(21)4-6-17/h3-6,9-11H,7-8H2,1-2H3,(H,22,27). The molecule has 0 saturated heterocycles. The summed E-state index contributed by atoms with van der Waals surface area (Å²) >= 11 is 5.84. The number of halogens is 1. The van der Waals surface area contributed by atoms with Gasteiger partial charge in [0.15, 0.2) is 0 Å². The van der Waals surface area contributed by atoms with Gasteiger partial charge in [-0.25, -0.2) is 0 Å². The molecule has 0 unspecified atom stereocenters. The number of nitrogens with one attached hydrogen (secondary N) is 1. The molecule has 0 atom stereocenters. The van der Waals surface area contributed by atoms with Crippen molar-refractivity contribution in [1.82, 2.24) is 9.78 Å². The molecule has 166 valence electrons. The summed E-state index contributed by atoms with van der Waals surface area (Å²) in [4.78, 5) is 33.7. The van der Waals surface area contributed by atoms with Gasteiger partial charge in [-0.15, -0.1) is 0 Å². The van der Waals surface area contributed by atoms with Gasteiger partial charge in [0.2, 0.25) is 5.91 Å². The predicted octanol–water partition coefficient (Wildman–Crippen LogP) is 4.79. The highest BCUT2D eigenvalue weighted by Crippen LogP contribution is 2.30. The average Bonchev–Trinajstić information content (AvgIpc) is 3.01. The number of carbonyl (C=O) groups is 1. The first-order chi connectivity index (χ1) is 15.1. The van der Waals surface area contributed by atoms with E-state index < -0.39 is 15.8 Å². The van der Waals surface area contributed by atoms with Crippen molar-refractivity contribution in [2.75, 3.05) is 5.32 Å². The van der Waals surface area contributed by atoms with E-state index in [0.717, 1.165) is 0 Å². The molecule has 1 heterocycles. The van der Waals surface area contributed by atoms with Crippen LogP contribution in [0, 0.1) is 34.1 Å². The highest BCUT2D eigenvalue weighted by molar-refractivity contribution is 6.30. The zero-order valence-electron chi connectivity index (χ0n) is 17.1. The van der Waals surface area contributed by atoms with Crippen LogP contribution in [0.1, 0.15) is 17.8 Å². The van der Waals surface area contributed by atoms with Crippen LogP contribution >= 0.6 is 11.6 Å². The van der Waals surface area contributed by atoms with Crippen LogP contribution in [0.4, 0.5) is 17.1 Å². The Kier molecular flexibility index (Phi) is 6.69. The lowest BCUT2D eigenvalue weighted by Crippen LogP contribution is -2.16. The fourth-order valence-electron chi connectivity index (χ4n) is 3.06. The maximum Gasteiger partial charge on any atom is 0.312 e. The van der Waals surface area contributed by atoms with Crippen molar-refractivity contribution in [3.8, 4) is 11.5 Å². The second-order valence-electron chi connectivity index (χ2n) is 6.83. The average molecular weight is 460 g/mol. The summed E-state index contributed by atoms with van der Waals surface area (Å²) in [6.45, 7) is 3.18. The summed E-state index contributed by atoms with van der Waals surface area (Å²) in [5, 5.41) is 29.6. The van der Waals surface area contributed by atoms with Crippen LogP contribution in [0.15, 0.2) is 42.5 Å². The van der Waals surface area contributed by atoms with E-state index >= 15 is 0 Å². The first-order valence-electron chi connectivity index (χ1n) is 9.35. The van der Waals surface area contributed by atoms with Crippen LogP contribution in [-0.2, 0) is 11.3 Å². The predicted molar refractivity (Wildman–Crippen MR) is 116 cm³/mol. The smallest absolute Gasteiger partial charge is 0.312 e. The number of carbonyl (C=O) groups excluding carboxylic acids is 1. The van der Waals surface area contributed by atoms with Gasteiger partial charge >= 0.3 is 5.69 Å². The van der Waals surface area contributed by atoms with Gasteiger partial charge in [-0.2, -0.15) is 5.10 Å². The molecule has 0 bridgehead atoms. The van der Waals surface area contributed by atoms with Gasteiger partial charge in [0.25, 0.3) is 5.69 Å². The Morgan fingerprint density at radius 1 is 1.09 bits per heavy atom. The molecule has 0 aliphatic carbocycles. The summed E-state index contributed by atoms with van der Waals surface area (Å²) in [6, 6.07) is 10.3. The second kappa shape index (κ2) is 9.43. The van der Waals surface area contributed by atoms with Crippen molar-refractivity contribution in [3.63, 3.8) is 0 Å². The Morgan fingerprint density at radius 3 is 2.38 bits per heavy atom. The minimum atomic E-state index is -0.598. The number of hydrogen-bond acceptors (Lipinski definition) is 7. The first-order valence-corrected chi connectivity index (χ1v) is 9.73. The van der Waals surface area contributed by atoms with E-state index in [0.29, 0.717) is 16.5 Å². The molecule has 0 fully saturated rings. The summed E-state index contributed by atoms with van der Waals surface area (Å²) in [5.74, 6) is 0.127. The molecule has 0 aliphatic rings. The monoisotopic (exact) mass is 459 g/mol. The highest BCUT2D eigenvalue weighted by Gasteiger charge is 2.22. The number of aromatic nitrogens is 2. The van der Waals surface area contributed by atoms with Gasteiger partial charge in [0.05, 0.1) is 28.1 Å². The number of non-ortho nitro benzene ring substituents is 1. The topological polar surface area (TPSA) is 142 Å². The maximum absolute atomic E-state index is 12.4. The number of rotatable bonds is 8. The fourth-order valence-corrected chi connectivity index (χ4v) is 3.18. The first kappa shape index (κ1) is 22.7. The maximum atomic E-state index is 12.4. The molecule has 32 heavy (non-hydrogen) atoms. The Labute approximate surface area is 186 Å². The van der Waals surface area contributed by atoms with Crippen LogP contribution < -0.4 is 10.1 Å². The third-order valence-corrected chi connectivity index (χ3v) is 4.76. The van der Waals surface area contributed by atoms with Crippen LogP contribution in [0.25, 0.3) is 0 Å². The molecule has 0 saturated carbocycles. The van der Waals surface area contributed by atoms with Crippen molar-refractivity contribution in [3.05, 3.63) is 79.1 Å². The van der Waals surface area contributed by atoms with E-state index in [1.54, 1.807) is 31.2 Å². The Bertz CT molecular complexity index is 1190. The van der Waals surface area contributed by atoms with E-state index in [-0.39, 0.29) is 41.5 Å². The zero-order valence-corrected chi connectivity index (χ0v) is 17.8. The lowest BCUT2D eigenvalue weighted by atomic mass is 10.2. The van der Waals surface area contributed by atoms with Gasteiger partial charge < -0.3 is 10.1 Å². The summed E-state index contributed by atoms with van der Waals surface area (Å²) < 4.78 is 7.02. The summed E-state index contributed by atoms with van der Waals surface area (Å²) in [6.07, 6.45) is -0.0464. The van der Waals surface area contributed by atoms with E-state index in [1.165, 1.54) is 29.8 Å². The van der Waals surface area contributed by atoms with Crippen LogP contribution in [0.2, 0.25) is 5.02 Å². The van der Waals surface area contributed by atoms with Crippen LogP contribution in [-0.4, -0.2) is 25.5 Å². The number of amides is 1.